The van der Waals surface area contributed by atoms with E-state index in [1.807, 2.05) is 20.8 Å². The highest BCUT2D eigenvalue weighted by Gasteiger charge is 2.24. The number of halogens is 1. The predicted octanol–water partition coefficient (Wildman–Crippen LogP) is 2.88. The lowest BCUT2D eigenvalue weighted by molar-refractivity contribution is 0.0787. The van der Waals surface area contributed by atoms with Crippen LogP contribution in [0.15, 0.2) is 42.6 Å². The third-order valence-electron chi connectivity index (χ3n) is 4.21. The van der Waals surface area contributed by atoms with E-state index in [1.165, 1.54) is 6.07 Å². The van der Waals surface area contributed by atoms with Gasteiger partial charge in [0, 0.05) is 31.3 Å². The van der Waals surface area contributed by atoms with Crippen LogP contribution in [-0.4, -0.2) is 35.7 Å². The molecule has 1 amide bonds. The summed E-state index contributed by atoms with van der Waals surface area (Å²) in [6, 6.07) is 9.57. The zero-order chi connectivity index (χ0) is 20.0. The van der Waals surface area contributed by atoms with Gasteiger partial charge in [-0.1, -0.05) is 18.2 Å². The van der Waals surface area contributed by atoms with Crippen LogP contribution in [0, 0.1) is 5.82 Å². The van der Waals surface area contributed by atoms with Crippen LogP contribution in [0.1, 0.15) is 42.4 Å². The average molecular weight is 373 g/mol. The van der Waals surface area contributed by atoms with Crippen LogP contribution >= 0.6 is 0 Å². The standard InChI is InChI=1S/C21H28FN3O2/c1-21(2,3)25-20(26)15-9-7-11-24-18(15)13-19(27-4)17(23)12-14-8-5-6-10-16(14)22/h5-11,17,19H,12-13,23H2,1-4H3,(H,25,26). The van der Waals surface area contributed by atoms with Gasteiger partial charge in [0.25, 0.3) is 5.91 Å². The number of nitrogens with zero attached hydrogens (tertiary/aromatic N) is 1. The Morgan fingerprint density at radius 3 is 2.56 bits per heavy atom. The molecule has 0 spiro atoms. The monoisotopic (exact) mass is 373 g/mol. The van der Waals surface area contributed by atoms with Crippen LogP contribution in [0.4, 0.5) is 4.39 Å². The molecule has 3 N–H and O–H groups in total. The second-order valence-electron chi connectivity index (χ2n) is 7.64. The number of carbonyl (C=O) groups is 1. The van der Waals surface area contributed by atoms with E-state index >= 15 is 0 Å². The van der Waals surface area contributed by atoms with Gasteiger partial charge >= 0.3 is 0 Å². The summed E-state index contributed by atoms with van der Waals surface area (Å²) in [6.07, 6.45) is 1.93. The fraction of sp³-hybridized carbons (Fsp3) is 0.429. The minimum absolute atomic E-state index is 0.192. The van der Waals surface area contributed by atoms with Crippen LogP contribution in [0.5, 0.6) is 0 Å². The summed E-state index contributed by atoms with van der Waals surface area (Å²) in [5.41, 5.74) is 7.57. The molecule has 2 aromatic rings. The fourth-order valence-electron chi connectivity index (χ4n) is 2.86. The molecule has 0 fully saturated rings. The smallest absolute Gasteiger partial charge is 0.253 e. The van der Waals surface area contributed by atoms with Crippen molar-refractivity contribution in [3.8, 4) is 0 Å². The normalized spacial score (nSPS) is 13.9. The van der Waals surface area contributed by atoms with Crippen LogP contribution in [-0.2, 0) is 17.6 Å². The Bertz CT molecular complexity index is 774. The van der Waals surface area contributed by atoms with E-state index in [2.05, 4.69) is 10.3 Å². The van der Waals surface area contributed by atoms with Gasteiger partial charge in [0.05, 0.1) is 17.4 Å². The molecule has 2 rings (SSSR count). The lowest BCUT2D eigenvalue weighted by atomic mass is 9.96. The number of methoxy groups -OCH3 is 1. The largest absolute Gasteiger partial charge is 0.379 e. The highest BCUT2D eigenvalue weighted by atomic mass is 19.1. The number of hydrogen-bond donors (Lipinski definition) is 2. The molecular formula is C21H28FN3O2. The molecule has 2 atom stereocenters. The lowest BCUT2D eigenvalue weighted by Crippen LogP contribution is -2.42. The summed E-state index contributed by atoms with van der Waals surface area (Å²) >= 11 is 0. The maximum atomic E-state index is 13.9. The van der Waals surface area contributed by atoms with Crippen molar-refractivity contribution in [2.24, 2.45) is 5.73 Å². The molecule has 2 unspecified atom stereocenters. The second kappa shape index (κ2) is 9.06. The van der Waals surface area contributed by atoms with Gasteiger partial charge < -0.3 is 15.8 Å². The van der Waals surface area contributed by atoms with Crippen molar-refractivity contribution in [2.75, 3.05) is 7.11 Å². The Labute approximate surface area is 160 Å². The fourth-order valence-corrected chi connectivity index (χ4v) is 2.86. The maximum Gasteiger partial charge on any atom is 0.253 e. The quantitative estimate of drug-likeness (QED) is 0.782. The number of nitrogens with one attached hydrogen (secondary N) is 1. The number of aromatic nitrogens is 1. The minimum atomic E-state index is -0.438. The van der Waals surface area contributed by atoms with Crippen LogP contribution < -0.4 is 11.1 Å². The number of ether oxygens (including phenoxy) is 1. The lowest BCUT2D eigenvalue weighted by Gasteiger charge is -2.24. The van der Waals surface area contributed by atoms with E-state index in [-0.39, 0.29) is 17.3 Å². The van der Waals surface area contributed by atoms with Crippen molar-refractivity contribution < 1.29 is 13.9 Å². The molecule has 6 heteroatoms. The molecule has 1 heterocycles. The number of carbonyl (C=O) groups excluding carboxylic acids is 1. The van der Waals surface area contributed by atoms with Crippen LogP contribution in [0.3, 0.4) is 0 Å². The third-order valence-corrected chi connectivity index (χ3v) is 4.21. The van der Waals surface area contributed by atoms with Crippen molar-refractivity contribution in [3.63, 3.8) is 0 Å². The van der Waals surface area contributed by atoms with Crippen molar-refractivity contribution in [2.45, 2.75) is 51.3 Å². The first-order valence-electron chi connectivity index (χ1n) is 8.99. The highest BCUT2D eigenvalue weighted by Crippen LogP contribution is 2.16. The van der Waals surface area contributed by atoms with E-state index in [0.29, 0.717) is 29.7 Å². The Balaban J connectivity index is 2.16. The van der Waals surface area contributed by atoms with Crippen molar-refractivity contribution in [1.82, 2.24) is 10.3 Å². The van der Waals surface area contributed by atoms with Gasteiger partial charge in [-0.2, -0.15) is 0 Å². The number of amides is 1. The Kier molecular flexibility index (Phi) is 7.05. The molecule has 146 valence electrons. The topological polar surface area (TPSA) is 77.2 Å². The number of hydrogen-bond acceptors (Lipinski definition) is 4. The first-order chi connectivity index (χ1) is 12.7. The molecule has 0 aliphatic carbocycles. The van der Waals surface area contributed by atoms with E-state index in [0.717, 1.165) is 0 Å². The zero-order valence-electron chi connectivity index (χ0n) is 16.3. The van der Waals surface area contributed by atoms with E-state index in [9.17, 15) is 9.18 Å². The molecule has 5 nitrogen and oxygen atoms in total. The summed E-state index contributed by atoms with van der Waals surface area (Å²) in [6.45, 7) is 5.76. The summed E-state index contributed by atoms with van der Waals surface area (Å²) in [7, 11) is 1.56. The summed E-state index contributed by atoms with van der Waals surface area (Å²) in [4.78, 5) is 16.9. The molecule has 0 aliphatic rings. The number of nitrogens with two attached hydrogens (primary N) is 1. The molecule has 0 radical (unpaired) electrons. The molecule has 0 aliphatic heterocycles. The molecular weight excluding hydrogens is 345 g/mol. The first-order valence-corrected chi connectivity index (χ1v) is 8.99. The predicted molar refractivity (Wildman–Crippen MR) is 104 cm³/mol. The molecule has 1 aromatic heterocycles. The highest BCUT2D eigenvalue weighted by molar-refractivity contribution is 5.95. The van der Waals surface area contributed by atoms with Crippen molar-refractivity contribution in [1.29, 1.82) is 0 Å². The Morgan fingerprint density at radius 2 is 1.93 bits per heavy atom. The Hall–Kier alpha value is -2.31. The SMILES string of the molecule is COC(Cc1ncccc1C(=O)NC(C)(C)C)C(N)Cc1ccccc1F. The van der Waals surface area contributed by atoms with Gasteiger partial charge in [-0.05, 0) is 51.0 Å². The van der Waals surface area contributed by atoms with Gasteiger partial charge in [-0.25, -0.2) is 4.39 Å². The van der Waals surface area contributed by atoms with Crippen molar-refractivity contribution in [3.05, 3.63) is 65.2 Å². The van der Waals surface area contributed by atoms with E-state index in [4.69, 9.17) is 10.5 Å². The number of pyridine rings is 1. The van der Waals surface area contributed by atoms with Gasteiger partial charge in [0.15, 0.2) is 0 Å². The molecule has 27 heavy (non-hydrogen) atoms. The van der Waals surface area contributed by atoms with Crippen molar-refractivity contribution >= 4 is 5.91 Å². The average Bonchev–Trinajstić information content (AvgIpc) is 2.60. The summed E-state index contributed by atoms with van der Waals surface area (Å²) in [5, 5.41) is 2.94. The van der Waals surface area contributed by atoms with E-state index < -0.39 is 12.1 Å². The zero-order valence-corrected chi connectivity index (χ0v) is 16.3. The molecule has 0 saturated heterocycles. The molecule has 0 bridgehead atoms. The molecule has 1 aromatic carbocycles. The van der Waals surface area contributed by atoms with Crippen LogP contribution in [0.2, 0.25) is 0 Å². The van der Waals surface area contributed by atoms with Gasteiger partial charge in [0.1, 0.15) is 5.82 Å². The third kappa shape index (κ3) is 6.12. The first kappa shape index (κ1) is 21.0. The summed E-state index contributed by atoms with van der Waals surface area (Å²) < 4.78 is 19.5. The maximum absolute atomic E-state index is 13.9. The number of benzene rings is 1. The second-order valence-corrected chi connectivity index (χ2v) is 7.64. The minimum Gasteiger partial charge on any atom is -0.379 e. The Morgan fingerprint density at radius 1 is 1.22 bits per heavy atom. The van der Waals surface area contributed by atoms with Gasteiger partial charge in [-0.3, -0.25) is 9.78 Å². The van der Waals surface area contributed by atoms with E-state index in [1.54, 1.807) is 43.6 Å². The number of rotatable bonds is 7. The van der Waals surface area contributed by atoms with Gasteiger partial charge in [0.2, 0.25) is 0 Å². The van der Waals surface area contributed by atoms with Gasteiger partial charge in [-0.15, -0.1) is 0 Å². The summed E-state index contributed by atoms with van der Waals surface area (Å²) in [5.74, 6) is -0.478. The molecule has 0 saturated carbocycles. The van der Waals surface area contributed by atoms with Crippen LogP contribution in [0.25, 0.3) is 0 Å².